The van der Waals surface area contributed by atoms with Crippen LogP contribution in [0, 0.1) is 6.92 Å². The van der Waals surface area contributed by atoms with Gasteiger partial charge < -0.3 is 10.7 Å². The molecule has 1 heterocycles. The summed E-state index contributed by atoms with van der Waals surface area (Å²) in [6.07, 6.45) is 0. The van der Waals surface area contributed by atoms with Crippen molar-refractivity contribution in [1.82, 2.24) is 9.97 Å². The lowest BCUT2D eigenvalue weighted by molar-refractivity contribution is 0.1000. The van der Waals surface area contributed by atoms with E-state index >= 15 is 0 Å². The number of aryl methyl sites for hydroxylation is 1. The lowest BCUT2D eigenvalue weighted by Crippen LogP contribution is -2.31. The largest absolute Gasteiger partial charge is 0.366 e. The van der Waals surface area contributed by atoms with Gasteiger partial charge in [0, 0.05) is 16.7 Å². The van der Waals surface area contributed by atoms with Crippen LogP contribution in [0.15, 0.2) is 27.8 Å². The molecule has 0 fully saturated rings. The molecule has 0 aliphatic heterocycles. The predicted molar refractivity (Wildman–Crippen MR) is 84.9 cm³/mol. The minimum Gasteiger partial charge on any atom is -0.366 e. The predicted octanol–water partition coefficient (Wildman–Crippen LogP) is 0.825. The van der Waals surface area contributed by atoms with Crippen LogP contribution in [0.4, 0.5) is 0 Å². The Morgan fingerprint density at radius 1 is 1.04 bits per heavy atom. The maximum Gasteiger partial charge on any atom is 0.326 e. The highest BCUT2D eigenvalue weighted by molar-refractivity contribution is 6.10. The monoisotopic (exact) mass is 315 g/mol. The van der Waals surface area contributed by atoms with Crippen LogP contribution in [0.2, 0.25) is 0 Å². The van der Waals surface area contributed by atoms with E-state index in [-0.39, 0.29) is 28.3 Å². The van der Waals surface area contributed by atoms with E-state index in [4.69, 9.17) is 5.73 Å². The van der Waals surface area contributed by atoms with Gasteiger partial charge >= 0.3 is 5.69 Å². The number of carbonyl (C=O) groups excluding carboxylic acids is 2. The second kappa shape index (κ2) is 6.04. The fourth-order valence-corrected chi connectivity index (χ4v) is 2.43. The molecule has 7 nitrogen and oxygen atoms in total. The van der Waals surface area contributed by atoms with E-state index in [1.54, 1.807) is 32.9 Å². The number of nitrogens with one attached hydrogen (secondary N) is 2. The maximum absolute atomic E-state index is 12.7. The Labute approximate surface area is 131 Å². The van der Waals surface area contributed by atoms with Gasteiger partial charge in [-0.05, 0) is 36.6 Å². The second-order valence-corrected chi connectivity index (χ2v) is 5.63. The smallest absolute Gasteiger partial charge is 0.326 e. The zero-order valence-corrected chi connectivity index (χ0v) is 13.0. The molecule has 0 atom stereocenters. The van der Waals surface area contributed by atoms with Crippen molar-refractivity contribution in [1.29, 1.82) is 0 Å². The highest BCUT2D eigenvalue weighted by Gasteiger charge is 2.21. The first-order chi connectivity index (χ1) is 10.7. The molecular weight excluding hydrogens is 298 g/mol. The summed E-state index contributed by atoms with van der Waals surface area (Å²) >= 11 is 0. The Morgan fingerprint density at radius 3 is 2.22 bits per heavy atom. The first-order valence-corrected chi connectivity index (χ1v) is 7.03. The number of carbonyl (C=O) groups is 2. The molecule has 0 radical (unpaired) electrons. The van der Waals surface area contributed by atoms with Crippen molar-refractivity contribution >= 4 is 11.7 Å². The van der Waals surface area contributed by atoms with Crippen molar-refractivity contribution < 1.29 is 9.59 Å². The number of aromatic amines is 2. The van der Waals surface area contributed by atoms with Gasteiger partial charge in [0.1, 0.15) is 0 Å². The Bertz CT molecular complexity index is 906. The number of nitrogens with two attached hydrogens (primary N) is 1. The number of hydrogen-bond donors (Lipinski definition) is 3. The van der Waals surface area contributed by atoms with Gasteiger partial charge in [0.2, 0.25) is 11.7 Å². The third-order valence-electron chi connectivity index (χ3n) is 3.41. The SMILES string of the molecule is Cc1cc(C(N)=O)cc(C(=O)c2[nH]c(=O)[nH]c(=O)c2C(C)C)c1. The molecule has 120 valence electrons. The topological polar surface area (TPSA) is 126 Å². The van der Waals surface area contributed by atoms with Gasteiger partial charge in [-0.15, -0.1) is 0 Å². The molecule has 0 aliphatic rings. The summed E-state index contributed by atoms with van der Waals surface area (Å²) in [6.45, 7) is 5.20. The fourth-order valence-electron chi connectivity index (χ4n) is 2.43. The van der Waals surface area contributed by atoms with Gasteiger partial charge in [-0.3, -0.25) is 19.4 Å². The minimum absolute atomic E-state index is 0.0743. The number of rotatable bonds is 4. The molecule has 2 rings (SSSR count). The number of aromatic nitrogens is 2. The van der Waals surface area contributed by atoms with Crippen molar-refractivity contribution in [3.8, 4) is 0 Å². The van der Waals surface area contributed by atoms with Gasteiger partial charge in [-0.2, -0.15) is 0 Å². The van der Waals surface area contributed by atoms with Crippen molar-refractivity contribution in [3.05, 3.63) is 67.0 Å². The molecule has 2 aromatic rings. The molecule has 1 amide bonds. The summed E-state index contributed by atoms with van der Waals surface area (Å²) < 4.78 is 0. The Balaban J connectivity index is 2.69. The lowest BCUT2D eigenvalue weighted by Gasteiger charge is -2.11. The summed E-state index contributed by atoms with van der Waals surface area (Å²) in [5.41, 5.74) is 5.05. The number of amides is 1. The molecule has 0 unspecified atom stereocenters. The van der Waals surface area contributed by atoms with Crippen LogP contribution in [0.3, 0.4) is 0 Å². The van der Waals surface area contributed by atoms with E-state index in [1.165, 1.54) is 6.07 Å². The molecule has 0 aliphatic carbocycles. The van der Waals surface area contributed by atoms with Crippen LogP contribution >= 0.6 is 0 Å². The summed E-state index contributed by atoms with van der Waals surface area (Å²) in [5, 5.41) is 0. The number of benzene rings is 1. The average molecular weight is 315 g/mol. The molecule has 4 N–H and O–H groups in total. The van der Waals surface area contributed by atoms with Crippen LogP contribution < -0.4 is 17.0 Å². The second-order valence-electron chi connectivity index (χ2n) is 5.63. The van der Waals surface area contributed by atoms with E-state index in [1.807, 2.05) is 0 Å². The zero-order chi connectivity index (χ0) is 17.3. The molecular formula is C16H17N3O4. The van der Waals surface area contributed by atoms with Crippen LogP contribution in [0.5, 0.6) is 0 Å². The van der Waals surface area contributed by atoms with E-state index in [9.17, 15) is 19.2 Å². The summed E-state index contributed by atoms with van der Waals surface area (Å²) in [6, 6.07) is 4.47. The molecule has 0 spiro atoms. The van der Waals surface area contributed by atoms with Gasteiger partial charge in [-0.25, -0.2) is 4.79 Å². The first kappa shape index (κ1) is 16.4. The lowest BCUT2D eigenvalue weighted by atomic mass is 9.95. The normalized spacial score (nSPS) is 10.8. The first-order valence-electron chi connectivity index (χ1n) is 7.03. The van der Waals surface area contributed by atoms with E-state index in [0.29, 0.717) is 5.56 Å². The summed E-state index contributed by atoms with van der Waals surface area (Å²) in [5.74, 6) is -1.47. The van der Waals surface area contributed by atoms with Crippen molar-refractivity contribution in [3.63, 3.8) is 0 Å². The molecule has 23 heavy (non-hydrogen) atoms. The van der Waals surface area contributed by atoms with E-state index in [0.717, 1.165) is 0 Å². The van der Waals surface area contributed by atoms with Crippen LogP contribution in [0.25, 0.3) is 0 Å². The quantitative estimate of drug-likeness (QED) is 0.722. The Kier molecular flexibility index (Phi) is 4.31. The highest BCUT2D eigenvalue weighted by Crippen LogP contribution is 2.18. The van der Waals surface area contributed by atoms with Crippen molar-refractivity contribution in [2.45, 2.75) is 26.7 Å². The van der Waals surface area contributed by atoms with Gasteiger partial charge in [0.15, 0.2) is 0 Å². The van der Waals surface area contributed by atoms with E-state index < -0.39 is 22.9 Å². The molecule has 0 bridgehead atoms. The number of H-pyrrole nitrogens is 2. The number of primary amides is 1. The molecule has 7 heteroatoms. The Hall–Kier alpha value is -2.96. The molecule has 0 saturated heterocycles. The van der Waals surface area contributed by atoms with Crippen LogP contribution in [0.1, 0.15) is 57.3 Å². The van der Waals surface area contributed by atoms with Crippen molar-refractivity contribution in [2.24, 2.45) is 5.73 Å². The summed E-state index contributed by atoms with van der Waals surface area (Å²) in [4.78, 5) is 52.1. The number of hydrogen-bond acceptors (Lipinski definition) is 4. The van der Waals surface area contributed by atoms with Crippen molar-refractivity contribution in [2.75, 3.05) is 0 Å². The maximum atomic E-state index is 12.7. The third-order valence-corrected chi connectivity index (χ3v) is 3.41. The molecule has 1 aromatic heterocycles. The zero-order valence-electron chi connectivity index (χ0n) is 13.0. The average Bonchev–Trinajstić information content (AvgIpc) is 2.44. The highest BCUT2D eigenvalue weighted by atomic mass is 16.2. The number of ketones is 1. The van der Waals surface area contributed by atoms with Crippen LogP contribution in [-0.2, 0) is 0 Å². The third kappa shape index (κ3) is 3.28. The summed E-state index contributed by atoms with van der Waals surface area (Å²) in [7, 11) is 0. The minimum atomic E-state index is -0.759. The Morgan fingerprint density at radius 2 is 1.65 bits per heavy atom. The molecule has 1 aromatic carbocycles. The van der Waals surface area contributed by atoms with Gasteiger partial charge in [-0.1, -0.05) is 13.8 Å². The van der Waals surface area contributed by atoms with Gasteiger partial charge in [0.05, 0.1) is 5.69 Å². The van der Waals surface area contributed by atoms with E-state index in [2.05, 4.69) is 9.97 Å². The fraction of sp³-hybridized carbons (Fsp3) is 0.250. The van der Waals surface area contributed by atoms with Crippen LogP contribution in [-0.4, -0.2) is 21.7 Å². The standard InChI is InChI=1S/C16H17N3O4/c1-7(2)11-12(18-16(23)19-15(11)22)13(20)9-4-8(3)5-10(6-9)14(17)21/h4-7H,1-3H3,(H2,17,21)(H2,18,19,22,23). The van der Waals surface area contributed by atoms with Gasteiger partial charge in [0.25, 0.3) is 5.56 Å². The molecule has 0 saturated carbocycles.